The molecule has 1 heterocycles. The van der Waals surface area contributed by atoms with Crippen LogP contribution < -0.4 is 16.0 Å². The second-order valence-corrected chi connectivity index (χ2v) is 5.72. The summed E-state index contributed by atoms with van der Waals surface area (Å²) >= 11 is 0. The standard InChI is InChI=1S/C16H25N3O2/c1-12(2)15(11-17)16(20)18-13-3-5-14(6-4-13)19-7-9-21-10-8-19/h3-6,12,15H,7-11,17H2,1-2H3,(H,18,20). The predicted molar refractivity (Wildman–Crippen MR) is 85.5 cm³/mol. The molecule has 2 rings (SSSR count). The van der Waals surface area contributed by atoms with E-state index in [-0.39, 0.29) is 17.7 Å². The van der Waals surface area contributed by atoms with Crippen LogP contribution in [0.3, 0.4) is 0 Å². The van der Waals surface area contributed by atoms with Crippen LogP contribution in [0.25, 0.3) is 0 Å². The van der Waals surface area contributed by atoms with Crippen molar-refractivity contribution in [3.63, 3.8) is 0 Å². The molecule has 1 aromatic rings. The molecule has 116 valence electrons. The van der Waals surface area contributed by atoms with E-state index in [0.717, 1.165) is 37.7 Å². The van der Waals surface area contributed by atoms with Gasteiger partial charge in [0.25, 0.3) is 0 Å². The summed E-state index contributed by atoms with van der Waals surface area (Å²) in [7, 11) is 0. The molecule has 0 bridgehead atoms. The third-order valence-electron chi connectivity index (χ3n) is 3.91. The predicted octanol–water partition coefficient (Wildman–Crippen LogP) is 1.69. The van der Waals surface area contributed by atoms with Crippen molar-refractivity contribution in [2.45, 2.75) is 13.8 Å². The second-order valence-electron chi connectivity index (χ2n) is 5.72. The minimum atomic E-state index is -0.149. The number of nitrogens with zero attached hydrogens (tertiary/aromatic N) is 1. The van der Waals surface area contributed by atoms with E-state index in [4.69, 9.17) is 10.5 Å². The van der Waals surface area contributed by atoms with Crippen molar-refractivity contribution in [1.82, 2.24) is 0 Å². The van der Waals surface area contributed by atoms with E-state index in [2.05, 4.69) is 10.2 Å². The zero-order valence-corrected chi connectivity index (χ0v) is 12.8. The first kappa shape index (κ1) is 15.8. The number of hydrogen-bond donors (Lipinski definition) is 2. The molecule has 0 spiro atoms. The van der Waals surface area contributed by atoms with Crippen molar-refractivity contribution in [2.75, 3.05) is 43.1 Å². The average Bonchev–Trinajstić information content (AvgIpc) is 2.49. The Morgan fingerprint density at radius 3 is 2.43 bits per heavy atom. The van der Waals surface area contributed by atoms with Crippen LogP contribution in [0.4, 0.5) is 11.4 Å². The molecule has 1 fully saturated rings. The van der Waals surface area contributed by atoms with Gasteiger partial charge in [0, 0.05) is 31.0 Å². The Labute approximate surface area is 126 Å². The van der Waals surface area contributed by atoms with Crippen molar-refractivity contribution in [1.29, 1.82) is 0 Å². The van der Waals surface area contributed by atoms with Gasteiger partial charge in [0.2, 0.25) is 5.91 Å². The molecule has 5 heteroatoms. The van der Waals surface area contributed by atoms with Crippen LogP contribution >= 0.6 is 0 Å². The monoisotopic (exact) mass is 291 g/mol. The lowest BCUT2D eigenvalue weighted by Gasteiger charge is -2.29. The Morgan fingerprint density at radius 2 is 1.90 bits per heavy atom. The summed E-state index contributed by atoms with van der Waals surface area (Å²) in [6.07, 6.45) is 0. The number of hydrogen-bond acceptors (Lipinski definition) is 4. The number of carbonyl (C=O) groups is 1. The number of carbonyl (C=O) groups excluding carboxylic acids is 1. The number of nitrogens with one attached hydrogen (secondary N) is 1. The maximum atomic E-state index is 12.2. The highest BCUT2D eigenvalue weighted by molar-refractivity contribution is 5.93. The summed E-state index contributed by atoms with van der Waals surface area (Å²) in [5.74, 6) is 0.0816. The molecule has 5 nitrogen and oxygen atoms in total. The van der Waals surface area contributed by atoms with E-state index >= 15 is 0 Å². The zero-order chi connectivity index (χ0) is 15.2. The molecule has 1 unspecified atom stereocenters. The molecule has 1 saturated heterocycles. The van der Waals surface area contributed by atoms with Gasteiger partial charge in [-0.2, -0.15) is 0 Å². The third kappa shape index (κ3) is 4.19. The molecule has 0 saturated carbocycles. The Kier molecular flexibility index (Phi) is 5.59. The van der Waals surface area contributed by atoms with Crippen LogP contribution in [-0.4, -0.2) is 38.8 Å². The molecule has 0 aliphatic carbocycles. The highest BCUT2D eigenvalue weighted by atomic mass is 16.5. The van der Waals surface area contributed by atoms with Crippen LogP contribution in [0.2, 0.25) is 0 Å². The molecule has 0 aromatic heterocycles. The molecule has 0 radical (unpaired) electrons. The normalized spacial score (nSPS) is 16.9. The second kappa shape index (κ2) is 7.43. The molecule has 21 heavy (non-hydrogen) atoms. The lowest BCUT2D eigenvalue weighted by molar-refractivity contribution is -0.120. The van der Waals surface area contributed by atoms with Gasteiger partial charge < -0.3 is 20.7 Å². The molecule has 1 aliphatic rings. The molecule has 1 amide bonds. The lowest BCUT2D eigenvalue weighted by Crippen LogP contribution is -2.36. The van der Waals surface area contributed by atoms with E-state index in [1.807, 2.05) is 38.1 Å². The Morgan fingerprint density at radius 1 is 1.29 bits per heavy atom. The molecule has 3 N–H and O–H groups in total. The summed E-state index contributed by atoms with van der Waals surface area (Å²) in [4.78, 5) is 14.4. The minimum Gasteiger partial charge on any atom is -0.378 e. The summed E-state index contributed by atoms with van der Waals surface area (Å²) in [6, 6.07) is 7.95. The van der Waals surface area contributed by atoms with E-state index in [1.54, 1.807) is 0 Å². The summed E-state index contributed by atoms with van der Waals surface area (Å²) in [6.45, 7) is 7.76. The maximum Gasteiger partial charge on any atom is 0.229 e. The quantitative estimate of drug-likeness (QED) is 0.866. The largest absolute Gasteiger partial charge is 0.378 e. The molecule has 1 aromatic carbocycles. The maximum absolute atomic E-state index is 12.2. The molecule has 1 atom stereocenters. The van der Waals surface area contributed by atoms with Gasteiger partial charge in [0.1, 0.15) is 0 Å². The lowest BCUT2D eigenvalue weighted by atomic mass is 9.95. The van der Waals surface area contributed by atoms with Crippen LogP contribution in [0.15, 0.2) is 24.3 Å². The van der Waals surface area contributed by atoms with Gasteiger partial charge in [0.15, 0.2) is 0 Å². The zero-order valence-electron chi connectivity index (χ0n) is 12.8. The molecule has 1 aliphatic heterocycles. The number of amides is 1. The third-order valence-corrected chi connectivity index (χ3v) is 3.91. The average molecular weight is 291 g/mol. The Hall–Kier alpha value is -1.59. The highest BCUT2D eigenvalue weighted by Gasteiger charge is 2.20. The fraction of sp³-hybridized carbons (Fsp3) is 0.562. The van der Waals surface area contributed by atoms with Gasteiger partial charge in [-0.1, -0.05) is 13.8 Å². The number of benzene rings is 1. The van der Waals surface area contributed by atoms with Gasteiger partial charge in [-0.3, -0.25) is 4.79 Å². The fourth-order valence-corrected chi connectivity index (χ4v) is 2.49. The first-order valence-electron chi connectivity index (χ1n) is 7.55. The topological polar surface area (TPSA) is 67.6 Å². The number of ether oxygens (including phenoxy) is 1. The van der Waals surface area contributed by atoms with E-state index in [9.17, 15) is 4.79 Å². The summed E-state index contributed by atoms with van der Waals surface area (Å²) in [5, 5.41) is 2.94. The fourth-order valence-electron chi connectivity index (χ4n) is 2.49. The minimum absolute atomic E-state index is 0.00776. The van der Waals surface area contributed by atoms with Crippen LogP contribution in [0.1, 0.15) is 13.8 Å². The van der Waals surface area contributed by atoms with E-state index in [0.29, 0.717) is 6.54 Å². The molecular formula is C16H25N3O2. The Balaban J connectivity index is 1.97. The van der Waals surface area contributed by atoms with Crippen LogP contribution in [-0.2, 0) is 9.53 Å². The molecular weight excluding hydrogens is 266 g/mol. The van der Waals surface area contributed by atoms with Crippen molar-refractivity contribution >= 4 is 17.3 Å². The van der Waals surface area contributed by atoms with Crippen LogP contribution in [0.5, 0.6) is 0 Å². The number of anilines is 2. The summed E-state index contributed by atoms with van der Waals surface area (Å²) < 4.78 is 5.35. The SMILES string of the molecule is CC(C)C(CN)C(=O)Nc1ccc(N2CCOCC2)cc1. The van der Waals surface area contributed by atoms with Gasteiger partial charge in [-0.15, -0.1) is 0 Å². The summed E-state index contributed by atoms with van der Waals surface area (Å²) in [5.41, 5.74) is 7.65. The first-order valence-corrected chi connectivity index (χ1v) is 7.55. The van der Waals surface area contributed by atoms with E-state index < -0.39 is 0 Å². The van der Waals surface area contributed by atoms with Gasteiger partial charge in [0.05, 0.1) is 19.1 Å². The number of nitrogens with two attached hydrogens (primary N) is 1. The number of morpholine rings is 1. The van der Waals surface area contributed by atoms with Crippen molar-refractivity contribution < 1.29 is 9.53 Å². The van der Waals surface area contributed by atoms with E-state index in [1.165, 1.54) is 0 Å². The smallest absolute Gasteiger partial charge is 0.229 e. The van der Waals surface area contributed by atoms with Crippen molar-refractivity contribution in [3.05, 3.63) is 24.3 Å². The number of rotatable bonds is 5. The van der Waals surface area contributed by atoms with Gasteiger partial charge >= 0.3 is 0 Å². The first-order chi connectivity index (χ1) is 10.1. The van der Waals surface area contributed by atoms with Crippen molar-refractivity contribution in [3.8, 4) is 0 Å². The van der Waals surface area contributed by atoms with Crippen molar-refractivity contribution in [2.24, 2.45) is 17.6 Å². The van der Waals surface area contributed by atoms with Gasteiger partial charge in [-0.25, -0.2) is 0 Å². The Bertz CT molecular complexity index is 453. The highest BCUT2D eigenvalue weighted by Crippen LogP contribution is 2.20. The van der Waals surface area contributed by atoms with Crippen LogP contribution in [0, 0.1) is 11.8 Å². The van der Waals surface area contributed by atoms with Gasteiger partial charge in [-0.05, 0) is 30.2 Å².